The van der Waals surface area contributed by atoms with Crippen LogP contribution in [-0.2, 0) is 13.1 Å². The Morgan fingerprint density at radius 2 is 1.50 bits per heavy atom. The summed E-state index contributed by atoms with van der Waals surface area (Å²) in [5.74, 6) is -0.305. The molecule has 0 saturated heterocycles. The van der Waals surface area contributed by atoms with Gasteiger partial charge >= 0.3 is 0 Å². The van der Waals surface area contributed by atoms with Gasteiger partial charge in [0, 0.05) is 25.0 Å². The number of benzene rings is 3. The van der Waals surface area contributed by atoms with Gasteiger partial charge in [-0.3, -0.25) is 4.99 Å². The molecule has 0 atom stereocenters. The molecule has 0 saturated carbocycles. The quantitative estimate of drug-likeness (QED) is 0.555. The van der Waals surface area contributed by atoms with E-state index >= 15 is 0 Å². The molecule has 3 heteroatoms. The largest absolute Gasteiger partial charge is 0.363 e. The summed E-state index contributed by atoms with van der Waals surface area (Å²) in [7, 11) is 0. The number of aryl methyl sites for hydroxylation is 2. The minimum Gasteiger partial charge on any atom is -0.363 e. The molecular formula is C23H21FN2. The van der Waals surface area contributed by atoms with Crippen LogP contribution < -0.4 is 4.90 Å². The fourth-order valence-electron chi connectivity index (χ4n) is 3.35. The maximum absolute atomic E-state index is 13.6. The van der Waals surface area contributed by atoms with Crippen molar-refractivity contribution in [2.24, 2.45) is 4.99 Å². The van der Waals surface area contributed by atoms with E-state index in [1.165, 1.54) is 34.0 Å². The van der Waals surface area contributed by atoms with Crippen LogP contribution in [0.4, 0.5) is 15.8 Å². The molecule has 4 rings (SSSR count). The summed E-state index contributed by atoms with van der Waals surface area (Å²) < 4.78 is 13.6. The van der Waals surface area contributed by atoms with Crippen LogP contribution in [0.1, 0.15) is 27.8 Å². The van der Waals surface area contributed by atoms with Crippen molar-refractivity contribution >= 4 is 17.6 Å². The molecule has 3 aromatic carbocycles. The van der Waals surface area contributed by atoms with Gasteiger partial charge in [0.25, 0.3) is 0 Å². The molecule has 0 aromatic heterocycles. The molecule has 1 aliphatic heterocycles. The molecule has 3 aromatic rings. The lowest BCUT2D eigenvalue weighted by Crippen LogP contribution is -2.14. The molecule has 2 nitrogen and oxygen atoms in total. The first-order valence-corrected chi connectivity index (χ1v) is 8.83. The average Bonchev–Trinajstić information content (AvgIpc) is 3.04. The fourth-order valence-corrected chi connectivity index (χ4v) is 3.35. The van der Waals surface area contributed by atoms with Crippen LogP contribution in [-0.4, -0.2) is 6.21 Å². The zero-order chi connectivity index (χ0) is 18.1. The molecule has 0 N–H and O–H groups in total. The van der Waals surface area contributed by atoms with Gasteiger partial charge in [-0.05, 0) is 65.9 Å². The number of hydrogen-bond acceptors (Lipinski definition) is 2. The summed E-state index contributed by atoms with van der Waals surface area (Å²) in [5.41, 5.74) is 8.05. The molecule has 1 heterocycles. The number of fused-ring (bicyclic) bond motifs is 1. The van der Waals surface area contributed by atoms with Crippen LogP contribution in [0.3, 0.4) is 0 Å². The molecule has 0 bridgehead atoms. The number of nitrogens with zero attached hydrogens (tertiary/aromatic N) is 2. The van der Waals surface area contributed by atoms with E-state index in [4.69, 9.17) is 0 Å². The number of rotatable bonds is 3. The van der Waals surface area contributed by atoms with E-state index in [1.807, 2.05) is 12.1 Å². The van der Waals surface area contributed by atoms with Crippen molar-refractivity contribution in [3.8, 4) is 0 Å². The Bertz CT molecular complexity index is 943. The molecule has 0 amide bonds. The van der Waals surface area contributed by atoms with Crippen molar-refractivity contribution in [1.29, 1.82) is 0 Å². The molecule has 130 valence electrons. The van der Waals surface area contributed by atoms with Gasteiger partial charge in [-0.25, -0.2) is 4.39 Å². The summed E-state index contributed by atoms with van der Waals surface area (Å²) in [6, 6.07) is 19.4. The molecule has 0 radical (unpaired) electrons. The highest BCUT2D eigenvalue weighted by molar-refractivity contribution is 5.82. The Morgan fingerprint density at radius 3 is 2.12 bits per heavy atom. The van der Waals surface area contributed by atoms with E-state index in [-0.39, 0.29) is 5.82 Å². The first kappa shape index (κ1) is 16.5. The molecule has 0 aliphatic carbocycles. The summed E-state index contributed by atoms with van der Waals surface area (Å²) in [5, 5.41) is 0. The molecular weight excluding hydrogens is 323 g/mol. The molecule has 0 spiro atoms. The normalized spacial score (nSPS) is 13.4. The Labute approximate surface area is 153 Å². The third-order valence-electron chi connectivity index (χ3n) is 5.00. The molecule has 26 heavy (non-hydrogen) atoms. The van der Waals surface area contributed by atoms with E-state index in [0.29, 0.717) is 5.69 Å². The van der Waals surface area contributed by atoms with Crippen molar-refractivity contribution in [3.05, 3.63) is 94.3 Å². The maximum Gasteiger partial charge on any atom is 0.148 e. The van der Waals surface area contributed by atoms with Crippen LogP contribution in [0.15, 0.2) is 65.7 Å². The molecule has 0 unspecified atom stereocenters. The minimum atomic E-state index is -0.305. The average molecular weight is 344 g/mol. The maximum atomic E-state index is 13.6. The lowest BCUT2D eigenvalue weighted by Gasteiger charge is -2.17. The highest BCUT2D eigenvalue weighted by atomic mass is 19.1. The predicted molar refractivity (Wildman–Crippen MR) is 106 cm³/mol. The van der Waals surface area contributed by atoms with Crippen LogP contribution in [0.2, 0.25) is 0 Å². The van der Waals surface area contributed by atoms with E-state index in [0.717, 1.165) is 18.7 Å². The third kappa shape index (κ3) is 3.25. The van der Waals surface area contributed by atoms with Gasteiger partial charge in [-0.1, -0.05) is 36.4 Å². The summed E-state index contributed by atoms with van der Waals surface area (Å²) in [6.07, 6.45) is 1.70. The van der Waals surface area contributed by atoms with Crippen LogP contribution >= 0.6 is 0 Å². The lowest BCUT2D eigenvalue weighted by molar-refractivity contribution is 0.630. The van der Waals surface area contributed by atoms with Gasteiger partial charge in [0.05, 0.1) is 5.69 Å². The SMILES string of the molecule is Cc1cc2c(cc1C)CN(c1ccc(C=Nc3ccccc3F)cc1)C2. The van der Waals surface area contributed by atoms with E-state index in [2.05, 4.69) is 48.0 Å². The van der Waals surface area contributed by atoms with Crippen LogP contribution in [0.5, 0.6) is 0 Å². The second kappa shape index (κ2) is 6.75. The van der Waals surface area contributed by atoms with Gasteiger partial charge < -0.3 is 4.90 Å². The van der Waals surface area contributed by atoms with Gasteiger partial charge in [-0.15, -0.1) is 0 Å². The second-order valence-corrected chi connectivity index (χ2v) is 6.86. The summed E-state index contributed by atoms with van der Waals surface area (Å²) in [6.45, 7) is 6.22. The van der Waals surface area contributed by atoms with Crippen molar-refractivity contribution < 1.29 is 4.39 Å². The monoisotopic (exact) mass is 344 g/mol. The van der Waals surface area contributed by atoms with Gasteiger partial charge in [0.1, 0.15) is 5.82 Å². The Morgan fingerprint density at radius 1 is 0.885 bits per heavy atom. The number of aliphatic imine (C=N–C) groups is 1. The Kier molecular flexibility index (Phi) is 4.29. The van der Waals surface area contributed by atoms with E-state index < -0.39 is 0 Å². The van der Waals surface area contributed by atoms with Gasteiger partial charge in [0.2, 0.25) is 0 Å². The number of anilines is 1. The highest BCUT2D eigenvalue weighted by Gasteiger charge is 2.19. The van der Waals surface area contributed by atoms with Crippen LogP contribution in [0.25, 0.3) is 0 Å². The third-order valence-corrected chi connectivity index (χ3v) is 5.00. The number of halogens is 1. The van der Waals surface area contributed by atoms with Gasteiger partial charge in [0.15, 0.2) is 0 Å². The standard InChI is InChI=1S/C23H21FN2/c1-16-11-19-14-26(15-20(19)12-17(16)2)21-9-7-18(8-10-21)13-25-23-6-4-3-5-22(23)24/h3-13H,14-15H2,1-2H3. The van der Waals surface area contributed by atoms with E-state index in [1.54, 1.807) is 24.4 Å². The second-order valence-electron chi connectivity index (χ2n) is 6.86. The zero-order valence-corrected chi connectivity index (χ0v) is 15.0. The number of hydrogen-bond donors (Lipinski definition) is 0. The lowest BCUT2D eigenvalue weighted by atomic mass is 10.0. The smallest absolute Gasteiger partial charge is 0.148 e. The minimum absolute atomic E-state index is 0.305. The first-order valence-electron chi connectivity index (χ1n) is 8.83. The van der Waals surface area contributed by atoms with Crippen molar-refractivity contribution in [2.75, 3.05) is 4.90 Å². The predicted octanol–water partition coefficient (Wildman–Crippen LogP) is 5.71. The number of para-hydroxylation sites is 1. The van der Waals surface area contributed by atoms with Crippen molar-refractivity contribution in [3.63, 3.8) is 0 Å². The fraction of sp³-hybridized carbons (Fsp3) is 0.174. The topological polar surface area (TPSA) is 15.6 Å². The van der Waals surface area contributed by atoms with Gasteiger partial charge in [-0.2, -0.15) is 0 Å². The zero-order valence-electron chi connectivity index (χ0n) is 15.0. The highest BCUT2D eigenvalue weighted by Crippen LogP contribution is 2.30. The Balaban J connectivity index is 1.50. The van der Waals surface area contributed by atoms with Crippen LogP contribution in [0, 0.1) is 19.7 Å². The molecule has 0 fully saturated rings. The van der Waals surface area contributed by atoms with E-state index in [9.17, 15) is 4.39 Å². The van der Waals surface area contributed by atoms with Crippen molar-refractivity contribution in [2.45, 2.75) is 26.9 Å². The molecule has 1 aliphatic rings. The summed E-state index contributed by atoms with van der Waals surface area (Å²) in [4.78, 5) is 6.62. The first-order chi connectivity index (χ1) is 12.6. The summed E-state index contributed by atoms with van der Waals surface area (Å²) >= 11 is 0. The van der Waals surface area contributed by atoms with Crippen molar-refractivity contribution in [1.82, 2.24) is 0 Å². The Hall–Kier alpha value is -2.94.